The van der Waals surface area contributed by atoms with E-state index >= 15 is 0 Å². The van der Waals surface area contributed by atoms with E-state index in [9.17, 15) is 9.90 Å². The number of amides is 1. The van der Waals surface area contributed by atoms with Crippen molar-refractivity contribution >= 4 is 11.6 Å². The molecule has 0 aromatic heterocycles. The standard InChI is InChI=1S/C15H22N2O2/c1-10-12(6-4-7-13(10)16)15(19)17-9-11-5-2-3-8-14(11)18/h4,6-7,11,14,18H,2-3,5,8-9,16H2,1H3,(H,17,19). The maximum atomic E-state index is 12.1. The topological polar surface area (TPSA) is 75.4 Å². The quantitative estimate of drug-likeness (QED) is 0.728. The Balaban J connectivity index is 1.95. The number of carbonyl (C=O) groups is 1. The Kier molecular flexibility index (Phi) is 4.43. The molecule has 0 saturated heterocycles. The molecule has 2 rings (SSSR count). The molecule has 2 unspecified atom stereocenters. The van der Waals surface area contributed by atoms with Gasteiger partial charge in [0.05, 0.1) is 6.10 Å². The van der Waals surface area contributed by atoms with Crippen LogP contribution < -0.4 is 11.1 Å². The first-order chi connectivity index (χ1) is 9.09. The van der Waals surface area contributed by atoms with Crippen molar-refractivity contribution in [3.05, 3.63) is 29.3 Å². The van der Waals surface area contributed by atoms with E-state index < -0.39 is 0 Å². The summed E-state index contributed by atoms with van der Waals surface area (Å²) in [5, 5.41) is 12.8. The molecule has 4 heteroatoms. The number of carbonyl (C=O) groups excluding carboxylic acids is 1. The predicted octanol–water partition coefficient (Wildman–Crippen LogP) is 1.86. The van der Waals surface area contributed by atoms with Gasteiger partial charge < -0.3 is 16.2 Å². The number of nitrogens with one attached hydrogen (secondary N) is 1. The number of aliphatic hydroxyl groups excluding tert-OH is 1. The molecule has 1 aliphatic rings. The van der Waals surface area contributed by atoms with Gasteiger partial charge in [0.25, 0.3) is 5.91 Å². The Morgan fingerprint density at radius 3 is 2.89 bits per heavy atom. The molecule has 19 heavy (non-hydrogen) atoms. The molecule has 1 aromatic rings. The highest BCUT2D eigenvalue weighted by Gasteiger charge is 2.23. The van der Waals surface area contributed by atoms with Crippen LogP contribution in [0.4, 0.5) is 5.69 Å². The normalized spacial score (nSPS) is 23.1. The van der Waals surface area contributed by atoms with Gasteiger partial charge in [-0.15, -0.1) is 0 Å². The molecule has 0 radical (unpaired) electrons. The van der Waals surface area contributed by atoms with Crippen LogP contribution in [0.25, 0.3) is 0 Å². The number of aliphatic hydroxyl groups is 1. The maximum Gasteiger partial charge on any atom is 0.251 e. The number of nitrogen functional groups attached to an aromatic ring is 1. The summed E-state index contributed by atoms with van der Waals surface area (Å²) < 4.78 is 0. The molecular formula is C15H22N2O2. The summed E-state index contributed by atoms with van der Waals surface area (Å²) in [5.41, 5.74) is 7.85. The number of nitrogens with two attached hydrogens (primary N) is 1. The lowest BCUT2D eigenvalue weighted by molar-refractivity contribution is 0.0663. The van der Waals surface area contributed by atoms with Gasteiger partial charge in [0.15, 0.2) is 0 Å². The molecule has 1 aromatic carbocycles. The molecule has 0 aliphatic heterocycles. The highest BCUT2D eigenvalue weighted by molar-refractivity contribution is 5.96. The van der Waals surface area contributed by atoms with E-state index in [-0.39, 0.29) is 17.9 Å². The van der Waals surface area contributed by atoms with Crippen LogP contribution in [0.5, 0.6) is 0 Å². The second-order valence-electron chi connectivity index (χ2n) is 5.34. The van der Waals surface area contributed by atoms with Crippen molar-refractivity contribution in [2.24, 2.45) is 5.92 Å². The SMILES string of the molecule is Cc1c(N)cccc1C(=O)NCC1CCCCC1O. The van der Waals surface area contributed by atoms with Crippen LogP contribution in [0.2, 0.25) is 0 Å². The fourth-order valence-corrected chi connectivity index (χ4v) is 2.64. The molecule has 4 nitrogen and oxygen atoms in total. The first-order valence-corrected chi connectivity index (χ1v) is 6.91. The van der Waals surface area contributed by atoms with Crippen LogP contribution in [-0.4, -0.2) is 23.7 Å². The lowest BCUT2D eigenvalue weighted by Gasteiger charge is -2.27. The van der Waals surface area contributed by atoms with Crippen molar-refractivity contribution in [3.8, 4) is 0 Å². The summed E-state index contributed by atoms with van der Waals surface area (Å²) in [7, 11) is 0. The zero-order chi connectivity index (χ0) is 13.8. The minimum Gasteiger partial charge on any atom is -0.398 e. The fraction of sp³-hybridized carbons (Fsp3) is 0.533. The minimum atomic E-state index is -0.281. The van der Waals surface area contributed by atoms with E-state index in [1.54, 1.807) is 18.2 Å². The molecule has 1 saturated carbocycles. The van der Waals surface area contributed by atoms with Gasteiger partial charge in [0.2, 0.25) is 0 Å². The van der Waals surface area contributed by atoms with Crippen molar-refractivity contribution in [1.82, 2.24) is 5.32 Å². The molecule has 0 bridgehead atoms. The monoisotopic (exact) mass is 262 g/mol. The van der Waals surface area contributed by atoms with E-state index in [1.165, 1.54) is 0 Å². The van der Waals surface area contributed by atoms with E-state index in [1.807, 2.05) is 6.92 Å². The minimum absolute atomic E-state index is 0.109. The van der Waals surface area contributed by atoms with Gasteiger partial charge in [0, 0.05) is 23.7 Å². The molecule has 1 aliphatic carbocycles. The Labute approximate surface area is 114 Å². The second-order valence-corrected chi connectivity index (χ2v) is 5.34. The molecule has 1 amide bonds. The van der Waals surface area contributed by atoms with Crippen LogP contribution in [0.15, 0.2) is 18.2 Å². The van der Waals surface area contributed by atoms with Crippen LogP contribution in [0.1, 0.15) is 41.6 Å². The Bertz CT molecular complexity index is 459. The van der Waals surface area contributed by atoms with Gasteiger partial charge in [-0.2, -0.15) is 0 Å². The average Bonchev–Trinajstić information content (AvgIpc) is 2.40. The van der Waals surface area contributed by atoms with Crippen molar-refractivity contribution in [3.63, 3.8) is 0 Å². The first kappa shape index (κ1) is 13.9. The molecule has 2 atom stereocenters. The predicted molar refractivity (Wildman–Crippen MR) is 75.9 cm³/mol. The Morgan fingerprint density at radius 2 is 2.16 bits per heavy atom. The van der Waals surface area contributed by atoms with E-state index in [0.29, 0.717) is 17.8 Å². The van der Waals surface area contributed by atoms with Crippen molar-refractivity contribution in [2.75, 3.05) is 12.3 Å². The highest BCUT2D eigenvalue weighted by Crippen LogP contribution is 2.24. The number of hydrogen-bond donors (Lipinski definition) is 3. The van der Waals surface area contributed by atoms with Crippen molar-refractivity contribution in [2.45, 2.75) is 38.7 Å². The smallest absolute Gasteiger partial charge is 0.251 e. The third kappa shape index (κ3) is 3.26. The zero-order valence-corrected chi connectivity index (χ0v) is 11.4. The summed E-state index contributed by atoms with van der Waals surface area (Å²) in [6.07, 6.45) is 3.76. The first-order valence-electron chi connectivity index (χ1n) is 6.91. The van der Waals surface area contributed by atoms with Crippen molar-refractivity contribution in [1.29, 1.82) is 0 Å². The summed E-state index contributed by atoms with van der Waals surface area (Å²) in [4.78, 5) is 12.1. The molecule has 0 heterocycles. The van der Waals surface area contributed by atoms with Gasteiger partial charge in [-0.05, 0) is 37.5 Å². The summed E-state index contributed by atoms with van der Waals surface area (Å²) in [6.45, 7) is 2.38. The van der Waals surface area contributed by atoms with E-state index in [2.05, 4.69) is 5.32 Å². The van der Waals surface area contributed by atoms with Gasteiger partial charge in [0.1, 0.15) is 0 Å². The van der Waals surface area contributed by atoms with E-state index in [4.69, 9.17) is 5.73 Å². The average molecular weight is 262 g/mol. The number of anilines is 1. The Morgan fingerprint density at radius 1 is 1.42 bits per heavy atom. The molecule has 4 N–H and O–H groups in total. The lowest BCUT2D eigenvalue weighted by Crippen LogP contribution is -2.36. The van der Waals surface area contributed by atoms with E-state index in [0.717, 1.165) is 31.2 Å². The second kappa shape index (κ2) is 6.06. The zero-order valence-electron chi connectivity index (χ0n) is 11.4. The number of benzene rings is 1. The number of rotatable bonds is 3. The van der Waals surface area contributed by atoms with Gasteiger partial charge in [-0.1, -0.05) is 18.9 Å². The van der Waals surface area contributed by atoms with Gasteiger partial charge in [-0.3, -0.25) is 4.79 Å². The third-order valence-corrected chi connectivity index (χ3v) is 4.01. The lowest BCUT2D eigenvalue weighted by atomic mass is 9.86. The molecule has 1 fully saturated rings. The van der Waals surface area contributed by atoms with Crippen LogP contribution in [-0.2, 0) is 0 Å². The molecule has 0 spiro atoms. The summed E-state index contributed by atoms with van der Waals surface area (Å²) >= 11 is 0. The van der Waals surface area contributed by atoms with Gasteiger partial charge >= 0.3 is 0 Å². The van der Waals surface area contributed by atoms with Crippen LogP contribution >= 0.6 is 0 Å². The fourth-order valence-electron chi connectivity index (χ4n) is 2.64. The summed E-state index contributed by atoms with van der Waals surface area (Å²) in [5.74, 6) is 0.0710. The highest BCUT2D eigenvalue weighted by atomic mass is 16.3. The third-order valence-electron chi connectivity index (χ3n) is 4.01. The largest absolute Gasteiger partial charge is 0.398 e. The van der Waals surface area contributed by atoms with Gasteiger partial charge in [-0.25, -0.2) is 0 Å². The van der Waals surface area contributed by atoms with Crippen LogP contribution in [0, 0.1) is 12.8 Å². The Hall–Kier alpha value is -1.55. The van der Waals surface area contributed by atoms with Crippen LogP contribution in [0.3, 0.4) is 0 Å². The molecule has 104 valence electrons. The summed E-state index contributed by atoms with van der Waals surface area (Å²) in [6, 6.07) is 5.35. The molecular weight excluding hydrogens is 240 g/mol. The van der Waals surface area contributed by atoms with Crippen molar-refractivity contribution < 1.29 is 9.90 Å². The number of hydrogen-bond acceptors (Lipinski definition) is 3. The maximum absolute atomic E-state index is 12.1.